The van der Waals surface area contributed by atoms with Gasteiger partial charge in [-0.05, 0) is 39.3 Å². The van der Waals surface area contributed by atoms with Gasteiger partial charge >= 0.3 is 5.97 Å². The van der Waals surface area contributed by atoms with Crippen molar-refractivity contribution in [2.24, 2.45) is 0 Å². The van der Waals surface area contributed by atoms with Gasteiger partial charge in [0.15, 0.2) is 0 Å². The van der Waals surface area contributed by atoms with Crippen molar-refractivity contribution in [3.63, 3.8) is 0 Å². The van der Waals surface area contributed by atoms with Crippen LogP contribution in [0, 0.1) is 13.8 Å². The molecule has 0 bridgehead atoms. The van der Waals surface area contributed by atoms with Gasteiger partial charge in [0, 0.05) is 31.1 Å². The highest BCUT2D eigenvalue weighted by atomic mass is 32.1. The van der Waals surface area contributed by atoms with Crippen LogP contribution in [0.5, 0.6) is 0 Å². The Morgan fingerprint density at radius 1 is 1.10 bits per heavy atom. The molecule has 0 atom stereocenters. The first-order chi connectivity index (χ1) is 14.8. The summed E-state index contributed by atoms with van der Waals surface area (Å²) in [6, 6.07) is 3.55. The summed E-state index contributed by atoms with van der Waals surface area (Å²) >= 11 is 1.40. The zero-order chi connectivity index (χ0) is 22.5. The number of nitrogens with zero attached hydrogens (tertiary/aromatic N) is 2. The Hall–Kier alpha value is -2.65. The van der Waals surface area contributed by atoms with Gasteiger partial charge < -0.3 is 19.4 Å². The van der Waals surface area contributed by atoms with Gasteiger partial charge in [0.1, 0.15) is 16.5 Å². The van der Waals surface area contributed by atoms with Crippen molar-refractivity contribution < 1.29 is 23.5 Å². The summed E-state index contributed by atoms with van der Waals surface area (Å²) in [5, 5.41) is 3.39. The number of carbonyl (C=O) groups is 3. The summed E-state index contributed by atoms with van der Waals surface area (Å²) in [6.45, 7) is 10.1. The van der Waals surface area contributed by atoms with E-state index in [9.17, 15) is 14.4 Å². The number of carbonyl (C=O) groups excluding carboxylic acids is 3. The molecule has 8 nitrogen and oxygen atoms in total. The molecule has 168 valence electrons. The van der Waals surface area contributed by atoms with Crippen LogP contribution >= 0.6 is 11.3 Å². The number of aryl methyl sites for hydroxylation is 3. The standard InChI is InChI=1S/C22H29N3O5S/c1-5-16-12-18(22(28)29-6-2)20(31-16)23-19(26)13-24-7-9-25(10-8-24)21(27)17-11-14(3)30-15(17)4/h11-12H,5-10,13H2,1-4H3,(H,23,26). The van der Waals surface area contributed by atoms with E-state index in [-0.39, 0.29) is 25.0 Å². The number of furan rings is 1. The number of rotatable bonds is 7. The van der Waals surface area contributed by atoms with E-state index in [1.807, 2.05) is 18.7 Å². The molecular formula is C22H29N3O5S. The Kier molecular flexibility index (Phi) is 7.50. The molecule has 2 amide bonds. The molecule has 1 saturated heterocycles. The molecule has 0 radical (unpaired) electrons. The van der Waals surface area contributed by atoms with E-state index in [2.05, 4.69) is 5.32 Å². The minimum atomic E-state index is -0.425. The van der Waals surface area contributed by atoms with Gasteiger partial charge in [-0.3, -0.25) is 14.5 Å². The number of thiophene rings is 1. The van der Waals surface area contributed by atoms with Crippen LogP contribution in [-0.4, -0.2) is 66.9 Å². The van der Waals surface area contributed by atoms with Crippen molar-refractivity contribution in [1.29, 1.82) is 0 Å². The third-order valence-corrected chi connectivity index (χ3v) is 6.37. The number of amides is 2. The number of nitrogens with one attached hydrogen (secondary N) is 1. The summed E-state index contributed by atoms with van der Waals surface area (Å²) < 4.78 is 10.6. The third-order valence-electron chi connectivity index (χ3n) is 5.18. The highest BCUT2D eigenvalue weighted by Crippen LogP contribution is 2.29. The van der Waals surface area contributed by atoms with E-state index >= 15 is 0 Å². The van der Waals surface area contributed by atoms with E-state index in [1.165, 1.54) is 11.3 Å². The van der Waals surface area contributed by atoms with Gasteiger partial charge in [-0.25, -0.2) is 4.79 Å². The highest BCUT2D eigenvalue weighted by molar-refractivity contribution is 7.16. The Balaban J connectivity index is 1.55. The Bertz CT molecular complexity index is 957. The fourth-order valence-electron chi connectivity index (χ4n) is 3.56. The minimum absolute atomic E-state index is 0.0387. The van der Waals surface area contributed by atoms with Crippen LogP contribution in [0.4, 0.5) is 5.00 Å². The van der Waals surface area contributed by atoms with Crippen molar-refractivity contribution >= 4 is 34.1 Å². The van der Waals surface area contributed by atoms with Gasteiger partial charge in [0.05, 0.1) is 24.3 Å². The quantitative estimate of drug-likeness (QED) is 0.656. The Morgan fingerprint density at radius 3 is 2.39 bits per heavy atom. The summed E-state index contributed by atoms with van der Waals surface area (Å²) in [5.41, 5.74) is 0.998. The van der Waals surface area contributed by atoms with Gasteiger partial charge in [0.25, 0.3) is 5.91 Å². The maximum Gasteiger partial charge on any atom is 0.341 e. The molecule has 2 aromatic heterocycles. The van der Waals surface area contributed by atoms with E-state index in [0.29, 0.717) is 48.1 Å². The van der Waals surface area contributed by atoms with Gasteiger partial charge in [0.2, 0.25) is 5.91 Å². The minimum Gasteiger partial charge on any atom is -0.466 e. The average molecular weight is 448 g/mol. The summed E-state index contributed by atoms with van der Waals surface area (Å²) in [4.78, 5) is 42.3. The molecule has 1 fully saturated rings. The van der Waals surface area contributed by atoms with E-state index in [0.717, 1.165) is 17.1 Å². The van der Waals surface area contributed by atoms with E-state index in [1.54, 1.807) is 30.9 Å². The molecular weight excluding hydrogens is 418 g/mol. The fraction of sp³-hybridized carbons (Fsp3) is 0.500. The van der Waals surface area contributed by atoms with E-state index < -0.39 is 5.97 Å². The molecule has 1 aliphatic heterocycles. The molecule has 0 spiro atoms. The van der Waals surface area contributed by atoms with Crippen LogP contribution in [-0.2, 0) is 16.0 Å². The van der Waals surface area contributed by atoms with Crippen LogP contribution in [0.3, 0.4) is 0 Å². The second kappa shape index (κ2) is 10.1. The molecule has 1 aliphatic rings. The Labute approximate surface area is 186 Å². The van der Waals surface area contributed by atoms with Crippen molar-refractivity contribution in [3.05, 3.63) is 39.7 Å². The lowest BCUT2D eigenvalue weighted by Gasteiger charge is -2.34. The maximum absolute atomic E-state index is 12.7. The summed E-state index contributed by atoms with van der Waals surface area (Å²) in [5.74, 6) is 0.701. The summed E-state index contributed by atoms with van der Waals surface area (Å²) in [7, 11) is 0. The normalized spacial score (nSPS) is 14.5. The molecule has 3 rings (SSSR count). The van der Waals surface area contributed by atoms with Crippen molar-refractivity contribution in [2.45, 2.75) is 34.1 Å². The molecule has 1 N–H and O–H groups in total. The predicted octanol–water partition coefficient (Wildman–Crippen LogP) is 3.09. The summed E-state index contributed by atoms with van der Waals surface area (Å²) in [6.07, 6.45) is 0.776. The van der Waals surface area contributed by atoms with Crippen molar-refractivity contribution in [3.8, 4) is 0 Å². The lowest BCUT2D eigenvalue weighted by molar-refractivity contribution is -0.117. The fourth-order valence-corrected chi connectivity index (χ4v) is 4.56. The van der Waals surface area contributed by atoms with Crippen molar-refractivity contribution in [2.75, 3.05) is 44.6 Å². The van der Waals surface area contributed by atoms with Crippen molar-refractivity contribution in [1.82, 2.24) is 9.80 Å². The number of hydrogen-bond donors (Lipinski definition) is 1. The zero-order valence-electron chi connectivity index (χ0n) is 18.4. The average Bonchev–Trinajstić information content (AvgIpc) is 3.30. The first kappa shape index (κ1) is 23.0. The monoisotopic (exact) mass is 447 g/mol. The number of piperazine rings is 1. The SMILES string of the molecule is CCOC(=O)c1cc(CC)sc1NC(=O)CN1CCN(C(=O)c2cc(C)oc2C)CC1. The largest absolute Gasteiger partial charge is 0.466 e. The predicted molar refractivity (Wildman–Crippen MR) is 119 cm³/mol. The van der Waals surface area contributed by atoms with Gasteiger partial charge in [-0.2, -0.15) is 0 Å². The van der Waals surface area contributed by atoms with E-state index in [4.69, 9.17) is 9.15 Å². The second-order valence-corrected chi connectivity index (χ2v) is 8.61. The molecule has 0 saturated carbocycles. The molecule has 31 heavy (non-hydrogen) atoms. The first-order valence-electron chi connectivity index (χ1n) is 10.5. The van der Waals surface area contributed by atoms with Crippen LogP contribution in [0.25, 0.3) is 0 Å². The molecule has 0 unspecified atom stereocenters. The lowest BCUT2D eigenvalue weighted by Crippen LogP contribution is -2.50. The number of anilines is 1. The number of esters is 1. The molecule has 0 aliphatic carbocycles. The second-order valence-electron chi connectivity index (χ2n) is 7.47. The van der Waals surface area contributed by atoms with Gasteiger partial charge in [-0.15, -0.1) is 11.3 Å². The highest BCUT2D eigenvalue weighted by Gasteiger charge is 2.26. The molecule has 3 heterocycles. The topological polar surface area (TPSA) is 92.1 Å². The molecule has 2 aromatic rings. The van der Waals surface area contributed by atoms with Gasteiger partial charge in [-0.1, -0.05) is 6.92 Å². The van der Waals surface area contributed by atoms with Crippen LogP contribution in [0.2, 0.25) is 0 Å². The smallest absolute Gasteiger partial charge is 0.341 e. The maximum atomic E-state index is 12.7. The zero-order valence-corrected chi connectivity index (χ0v) is 19.3. The molecule has 0 aromatic carbocycles. The van der Waals surface area contributed by atoms with Crippen LogP contribution in [0.1, 0.15) is 51.0 Å². The van der Waals surface area contributed by atoms with Crippen LogP contribution in [0.15, 0.2) is 16.5 Å². The number of ether oxygens (including phenoxy) is 1. The lowest BCUT2D eigenvalue weighted by atomic mass is 10.2. The third kappa shape index (κ3) is 5.54. The number of hydrogen-bond acceptors (Lipinski definition) is 7. The molecule has 9 heteroatoms. The Morgan fingerprint density at radius 2 is 1.81 bits per heavy atom. The first-order valence-corrected chi connectivity index (χ1v) is 11.3. The van der Waals surface area contributed by atoms with Crippen LogP contribution < -0.4 is 5.32 Å².